The lowest BCUT2D eigenvalue weighted by Gasteiger charge is -2.30. The first kappa shape index (κ1) is 11.9. The fraction of sp³-hybridized carbons (Fsp3) is 0.600. The van der Waals surface area contributed by atoms with E-state index >= 15 is 0 Å². The van der Waals surface area contributed by atoms with Crippen molar-refractivity contribution in [1.82, 2.24) is 4.57 Å². The Morgan fingerprint density at radius 1 is 1.05 bits per heavy atom. The molecule has 1 fully saturated rings. The molecule has 5 rings (SSSR count). The Labute approximate surface area is 121 Å². The number of halogens is 1. The molecule has 0 aromatic carbocycles. The molecule has 19 heavy (non-hydrogen) atoms. The summed E-state index contributed by atoms with van der Waals surface area (Å²) in [6, 6.07) is 0. The molecule has 0 radical (unpaired) electrons. The first-order valence-corrected chi connectivity index (χ1v) is 8.24. The van der Waals surface area contributed by atoms with Crippen LogP contribution < -0.4 is 0 Å². The van der Waals surface area contributed by atoms with Crippen molar-refractivity contribution in [3.63, 3.8) is 0 Å². The van der Waals surface area contributed by atoms with Gasteiger partial charge in [0.2, 0.25) is 0 Å². The molecule has 0 spiro atoms. The van der Waals surface area contributed by atoms with Crippen LogP contribution in [0.2, 0.25) is 0 Å². The van der Waals surface area contributed by atoms with Gasteiger partial charge in [0, 0.05) is 34.8 Å². The van der Waals surface area contributed by atoms with Gasteiger partial charge < -0.3 is 10.2 Å². The second kappa shape index (κ2) is 4.05. The van der Waals surface area contributed by atoms with E-state index in [1.54, 1.807) is 4.57 Å². The van der Waals surface area contributed by atoms with Crippen molar-refractivity contribution in [3.05, 3.63) is 23.3 Å². The van der Waals surface area contributed by atoms with Crippen LogP contribution in [-0.2, 0) is 6.54 Å². The lowest BCUT2D eigenvalue weighted by molar-refractivity contribution is 0.360. The molecule has 1 aromatic rings. The van der Waals surface area contributed by atoms with Crippen LogP contribution in [0.5, 0.6) is 11.8 Å². The Morgan fingerprint density at radius 3 is 2.16 bits per heavy atom. The van der Waals surface area contributed by atoms with E-state index < -0.39 is 0 Å². The van der Waals surface area contributed by atoms with E-state index in [0.717, 1.165) is 29.3 Å². The molecular formula is C15H18BrNO2. The topological polar surface area (TPSA) is 45.4 Å². The maximum absolute atomic E-state index is 10.5. The Kier molecular flexibility index (Phi) is 2.53. The van der Waals surface area contributed by atoms with Gasteiger partial charge in [0.1, 0.15) is 0 Å². The molecule has 0 amide bonds. The summed E-state index contributed by atoms with van der Waals surface area (Å²) in [4.78, 5) is 0. The van der Waals surface area contributed by atoms with Crippen molar-refractivity contribution in [1.29, 1.82) is 0 Å². The highest BCUT2D eigenvalue weighted by atomic mass is 79.9. The third-order valence-corrected chi connectivity index (χ3v) is 5.62. The van der Waals surface area contributed by atoms with Gasteiger partial charge in [-0.05, 0) is 31.1 Å². The fourth-order valence-corrected chi connectivity index (χ4v) is 4.47. The van der Waals surface area contributed by atoms with Crippen LogP contribution in [0.15, 0.2) is 12.2 Å². The number of rotatable bonds is 4. The summed E-state index contributed by atoms with van der Waals surface area (Å²) in [6.45, 7) is 0.699. The summed E-state index contributed by atoms with van der Waals surface area (Å²) in [7, 11) is 0. The molecule has 4 atom stereocenters. The Balaban J connectivity index is 1.74. The third kappa shape index (κ3) is 1.49. The maximum Gasteiger partial charge on any atom is 0.198 e. The predicted octanol–water partition coefficient (Wildman–Crippen LogP) is 3.46. The Morgan fingerprint density at radius 2 is 1.63 bits per heavy atom. The van der Waals surface area contributed by atoms with Crippen LogP contribution in [0.3, 0.4) is 0 Å². The minimum atomic E-state index is 0.312. The zero-order chi connectivity index (χ0) is 13.1. The van der Waals surface area contributed by atoms with Gasteiger partial charge in [-0.3, -0.25) is 4.57 Å². The molecule has 3 nitrogen and oxygen atoms in total. The predicted molar refractivity (Wildman–Crippen MR) is 77.0 cm³/mol. The number of hydrogen-bond donors (Lipinski definition) is 2. The largest absolute Gasteiger partial charge is 0.494 e. The van der Waals surface area contributed by atoms with E-state index in [4.69, 9.17) is 0 Å². The van der Waals surface area contributed by atoms with Crippen molar-refractivity contribution in [2.24, 2.45) is 11.8 Å². The minimum Gasteiger partial charge on any atom is -0.494 e. The van der Waals surface area contributed by atoms with Crippen molar-refractivity contribution >= 4 is 15.9 Å². The van der Waals surface area contributed by atoms with Gasteiger partial charge in [0.15, 0.2) is 11.8 Å². The summed E-state index contributed by atoms with van der Waals surface area (Å²) in [5.41, 5.74) is 2.03. The van der Waals surface area contributed by atoms with Crippen LogP contribution >= 0.6 is 15.9 Å². The minimum absolute atomic E-state index is 0.312. The highest BCUT2D eigenvalue weighted by Crippen LogP contribution is 2.67. The van der Waals surface area contributed by atoms with Gasteiger partial charge in [0.05, 0.1) is 0 Å². The van der Waals surface area contributed by atoms with E-state index in [2.05, 4.69) is 28.1 Å². The zero-order valence-corrected chi connectivity index (χ0v) is 12.3. The SMILES string of the molecule is Oc1c2c(c(O)n1CCCCBr)C1C=CC2C2CC12. The molecule has 102 valence electrons. The van der Waals surface area contributed by atoms with E-state index in [9.17, 15) is 10.2 Å². The van der Waals surface area contributed by atoms with Crippen LogP contribution in [0.25, 0.3) is 0 Å². The van der Waals surface area contributed by atoms with Crippen molar-refractivity contribution < 1.29 is 10.2 Å². The average molecular weight is 324 g/mol. The van der Waals surface area contributed by atoms with Gasteiger partial charge >= 0.3 is 0 Å². The average Bonchev–Trinajstić information content (AvgIpc) is 3.19. The molecule has 1 saturated carbocycles. The highest BCUT2D eigenvalue weighted by Gasteiger charge is 2.56. The van der Waals surface area contributed by atoms with Crippen LogP contribution in [0, 0.1) is 11.8 Å². The molecule has 4 aliphatic rings. The van der Waals surface area contributed by atoms with E-state index in [0.29, 0.717) is 42.0 Å². The van der Waals surface area contributed by atoms with Gasteiger partial charge in [-0.2, -0.15) is 0 Å². The van der Waals surface area contributed by atoms with E-state index in [1.807, 2.05) is 0 Å². The molecular weight excluding hydrogens is 306 g/mol. The second-order valence-electron chi connectivity index (χ2n) is 6.02. The number of aromatic hydroxyl groups is 2. The standard InChI is InChI=1S/C15H18BrNO2/c16-5-1-2-6-17-14(18)12-8-3-4-9(11-7-10(8)11)13(12)15(17)19/h3-4,8-11,18-19H,1-2,5-7H2. The normalized spacial score (nSPS) is 33.3. The van der Waals surface area contributed by atoms with Gasteiger partial charge in [-0.1, -0.05) is 28.1 Å². The maximum atomic E-state index is 10.5. The second-order valence-corrected chi connectivity index (χ2v) is 6.82. The molecule has 0 aliphatic heterocycles. The highest BCUT2D eigenvalue weighted by molar-refractivity contribution is 9.09. The Bertz CT molecular complexity index is 521. The van der Waals surface area contributed by atoms with Crippen LogP contribution in [0.4, 0.5) is 0 Å². The van der Waals surface area contributed by atoms with Gasteiger partial charge in [-0.15, -0.1) is 0 Å². The van der Waals surface area contributed by atoms with Gasteiger partial charge in [0.25, 0.3) is 0 Å². The van der Waals surface area contributed by atoms with Gasteiger partial charge in [-0.25, -0.2) is 0 Å². The van der Waals surface area contributed by atoms with Crippen LogP contribution in [-0.4, -0.2) is 20.1 Å². The third-order valence-electron chi connectivity index (χ3n) is 5.05. The molecule has 4 heteroatoms. The molecule has 2 bridgehead atoms. The summed E-state index contributed by atoms with van der Waals surface area (Å²) in [5.74, 6) is 2.73. The lowest BCUT2D eigenvalue weighted by Crippen LogP contribution is -2.18. The van der Waals surface area contributed by atoms with Crippen LogP contribution in [0.1, 0.15) is 42.2 Å². The zero-order valence-electron chi connectivity index (χ0n) is 10.7. The molecule has 4 aliphatic carbocycles. The Hall–Kier alpha value is -0.900. The molecule has 4 unspecified atom stereocenters. The summed E-state index contributed by atoms with van der Waals surface area (Å²) < 4.78 is 1.71. The first-order valence-electron chi connectivity index (χ1n) is 7.12. The molecule has 2 N–H and O–H groups in total. The van der Waals surface area contributed by atoms with E-state index in [-0.39, 0.29) is 0 Å². The number of nitrogens with zero attached hydrogens (tertiary/aromatic N) is 1. The fourth-order valence-electron chi connectivity index (χ4n) is 4.07. The monoisotopic (exact) mass is 323 g/mol. The van der Waals surface area contributed by atoms with Crippen molar-refractivity contribution in [3.8, 4) is 11.8 Å². The molecule has 1 heterocycles. The molecule has 1 aromatic heterocycles. The number of unbranched alkanes of at least 4 members (excludes halogenated alkanes) is 1. The van der Waals surface area contributed by atoms with Crippen molar-refractivity contribution in [2.45, 2.75) is 37.6 Å². The smallest absolute Gasteiger partial charge is 0.198 e. The number of allylic oxidation sites excluding steroid dienone is 2. The molecule has 0 saturated heterocycles. The number of aromatic nitrogens is 1. The number of alkyl halides is 1. The quantitative estimate of drug-likeness (QED) is 0.506. The lowest BCUT2D eigenvalue weighted by atomic mass is 9.73. The van der Waals surface area contributed by atoms with E-state index in [1.165, 1.54) is 6.42 Å². The number of hydrogen-bond acceptors (Lipinski definition) is 2. The first-order chi connectivity index (χ1) is 9.24. The van der Waals surface area contributed by atoms with Crippen molar-refractivity contribution in [2.75, 3.05) is 5.33 Å². The summed E-state index contributed by atoms with van der Waals surface area (Å²) in [6.07, 6.45) is 7.75. The summed E-state index contributed by atoms with van der Waals surface area (Å²) >= 11 is 3.42. The summed E-state index contributed by atoms with van der Waals surface area (Å²) in [5, 5.41) is 21.9.